The number of aromatic nitrogens is 3. The van der Waals surface area contributed by atoms with Crippen molar-refractivity contribution >= 4 is 22.4 Å². The van der Waals surface area contributed by atoms with Crippen LogP contribution >= 0.6 is 0 Å². The van der Waals surface area contributed by atoms with Crippen molar-refractivity contribution in [3.05, 3.63) is 36.9 Å². The molecule has 3 aromatic rings. The summed E-state index contributed by atoms with van der Waals surface area (Å²) in [5, 5.41) is 10.7. The van der Waals surface area contributed by atoms with Gasteiger partial charge in [0.1, 0.15) is 11.3 Å². The van der Waals surface area contributed by atoms with E-state index >= 15 is 0 Å². The Hall–Kier alpha value is -2.76. The molecule has 0 saturated carbocycles. The molecule has 6 heteroatoms. The lowest BCUT2D eigenvalue weighted by atomic mass is 10.1. The number of phenols is 1. The van der Waals surface area contributed by atoms with E-state index in [0.717, 1.165) is 11.1 Å². The second-order valence-corrected chi connectivity index (χ2v) is 3.94. The highest BCUT2D eigenvalue weighted by atomic mass is 16.3. The summed E-state index contributed by atoms with van der Waals surface area (Å²) in [5.41, 5.74) is 12.9. The van der Waals surface area contributed by atoms with Gasteiger partial charge in [-0.1, -0.05) is 0 Å². The average molecular weight is 241 g/mol. The second kappa shape index (κ2) is 3.63. The van der Waals surface area contributed by atoms with E-state index in [1.54, 1.807) is 41.5 Å². The van der Waals surface area contributed by atoms with Gasteiger partial charge in [-0.25, -0.2) is 9.97 Å². The van der Waals surface area contributed by atoms with Gasteiger partial charge in [0.15, 0.2) is 5.75 Å². The molecular formula is C12H11N5O. The molecule has 2 aromatic heterocycles. The lowest BCUT2D eigenvalue weighted by Crippen LogP contribution is -1.99. The highest BCUT2D eigenvalue weighted by Crippen LogP contribution is 2.33. The molecule has 0 aliphatic carbocycles. The Labute approximate surface area is 103 Å². The zero-order chi connectivity index (χ0) is 12.7. The smallest absolute Gasteiger partial charge is 0.165 e. The molecule has 3 rings (SSSR count). The number of anilines is 2. The maximum atomic E-state index is 9.94. The van der Waals surface area contributed by atoms with Crippen molar-refractivity contribution < 1.29 is 5.11 Å². The number of hydrogen-bond donors (Lipinski definition) is 3. The Bertz CT molecular complexity index is 721. The van der Waals surface area contributed by atoms with Crippen LogP contribution in [0.1, 0.15) is 0 Å². The van der Waals surface area contributed by atoms with E-state index in [2.05, 4.69) is 9.97 Å². The highest BCUT2D eigenvalue weighted by molar-refractivity contribution is 5.96. The van der Waals surface area contributed by atoms with Gasteiger partial charge in [0.05, 0.1) is 17.7 Å². The maximum Gasteiger partial charge on any atom is 0.165 e. The summed E-state index contributed by atoms with van der Waals surface area (Å²) in [4.78, 5) is 8.11. The summed E-state index contributed by atoms with van der Waals surface area (Å²) in [6.45, 7) is 0. The Balaban J connectivity index is 2.43. The molecule has 0 aliphatic heterocycles. The first-order chi connectivity index (χ1) is 8.66. The normalized spacial score (nSPS) is 10.9. The molecule has 6 nitrogen and oxygen atoms in total. The lowest BCUT2D eigenvalue weighted by Gasteiger charge is -2.10. The maximum absolute atomic E-state index is 9.94. The average Bonchev–Trinajstić information content (AvgIpc) is 2.87. The van der Waals surface area contributed by atoms with Crippen LogP contribution in [0.2, 0.25) is 0 Å². The monoisotopic (exact) mass is 241 g/mol. The molecule has 0 atom stereocenters. The third-order valence-electron chi connectivity index (χ3n) is 2.77. The van der Waals surface area contributed by atoms with Crippen LogP contribution in [0.5, 0.6) is 5.75 Å². The Kier molecular flexibility index (Phi) is 2.09. The fraction of sp³-hybridized carbons (Fsp3) is 0. The number of phenolic OH excluding ortho intramolecular Hbond substituents is 1. The quantitative estimate of drug-likeness (QED) is 0.440. The first kappa shape index (κ1) is 10.4. The fourth-order valence-corrected chi connectivity index (χ4v) is 1.91. The Morgan fingerprint density at radius 2 is 2.06 bits per heavy atom. The minimum atomic E-state index is -0.0545. The van der Waals surface area contributed by atoms with Gasteiger partial charge in [-0.15, -0.1) is 0 Å². The second-order valence-electron chi connectivity index (χ2n) is 3.94. The van der Waals surface area contributed by atoms with Crippen molar-refractivity contribution in [3.8, 4) is 11.4 Å². The van der Waals surface area contributed by atoms with E-state index in [0.29, 0.717) is 11.3 Å². The molecule has 0 amide bonds. The molecule has 0 unspecified atom stereocenters. The number of hydrogen-bond acceptors (Lipinski definition) is 5. The van der Waals surface area contributed by atoms with Crippen molar-refractivity contribution in [2.24, 2.45) is 0 Å². The van der Waals surface area contributed by atoms with Crippen LogP contribution < -0.4 is 11.5 Å². The zero-order valence-electron chi connectivity index (χ0n) is 9.41. The summed E-state index contributed by atoms with van der Waals surface area (Å²) >= 11 is 0. The van der Waals surface area contributed by atoms with Crippen LogP contribution in [0.25, 0.3) is 16.6 Å². The van der Waals surface area contributed by atoms with E-state index in [9.17, 15) is 5.11 Å². The van der Waals surface area contributed by atoms with Crippen LogP contribution in [-0.2, 0) is 0 Å². The third kappa shape index (κ3) is 1.43. The summed E-state index contributed by atoms with van der Waals surface area (Å²) in [6, 6.07) is 5.15. The number of imidazole rings is 1. The number of benzene rings is 1. The first-order valence-electron chi connectivity index (χ1n) is 5.33. The summed E-state index contributed by atoms with van der Waals surface area (Å²) in [5.74, 6) is 0.258. The molecule has 0 fully saturated rings. The molecule has 0 spiro atoms. The topological polar surface area (TPSA) is 103 Å². The SMILES string of the molecule is Nc1cc(-n2ccnc2)c2ccc(N)c(O)c2n1. The number of rotatable bonds is 1. The first-order valence-corrected chi connectivity index (χ1v) is 5.33. The standard InChI is InChI=1S/C12H11N5O/c13-8-2-1-7-9(17-4-3-15-6-17)5-10(14)16-11(7)12(8)18/h1-6,18H,13H2,(H2,14,16). The summed E-state index contributed by atoms with van der Waals surface area (Å²) in [7, 11) is 0. The van der Waals surface area contributed by atoms with Crippen molar-refractivity contribution in [2.75, 3.05) is 11.5 Å². The van der Waals surface area contributed by atoms with Crippen molar-refractivity contribution in [1.29, 1.82) is 0 Å². The molecule has 90 valence electrons. The van der Waals surface area contributed by atoms with E-state index in [-0.39, 0.29) is 11.4 Å². The van der Waals surface area contributed by atoms with Gasteiger partial charge >= 0.3 is 0 Å². The highest BCUT2D eigenvalue weighted by Gasteiger charge is 2.11. The van der Waals surface area contributed by atoms with E-state index < -0.39 is 0 Å². The molecule has 1 aromatic carbocycles. The predicted molar refractivity (Wildman–Crippen MR) is 69.4 cm³/mol. The molecule has 5 N–H and O–H groups in total. The minimum absolute atomic E-state index is 0.0545. The minimum Gasteiger partial charge on any atom is -0.504 e. The Morgan fingerprint density at radius 1 is 1.22 bits per heavy atom. The Morgan fingerprint density at radius 3 is 2.78 bits per heavy atom. The van der Waals surface area contributed by atoms with Crippen LogP contribution in [0.3, 0.4) is 0 Å². The molecule has 2 heterocycles. The molecule has 0 aliphatic rings. The molecule has 0 radical (unpaired) electrons. The van der Waals surface area contributed by atoms with Gasteiger partial charge in [0.2, 0.25) is 0 Å². The summed E-state index contributed by atoms with van der Waals surface area (Å²) < 4.78 is 1.80. The van der Waals surface area contributed by atoms with E-state index in [1.165, 1.54) is 0 Å². The van der Waals surface area contributed by atoms with Gasteiger partial charge in [0, 0.05) is 23.8 Å². The van der Waals surface area contributed by atoms with E-state index in [4.69, 9.17) is 11.5 Å². The van der Waals surface area contributed by atoms with Crippen molar-refractivity contribution in [3.63, 3.8) is 0 Å². The molecule has 18 heavy (non-hydrogen) atoms. The fourth-order valence-electron chi connectivity index (χ4n) is 1.91. The lowest BCUT2D eigenvalue weighted by molar-refractivity contribution is 0.483. The van der Waals surface area contributed by atoms with Gasteiger partial charge < -0.3 is 21.1 Å². The zero-order valence-corrected chi connectivity index (χ0v) is 9.41. The van der Waals surface area contributed by atoms with E-state index in [1.807, 2.05) is 0 Å². The van der Waals surface area contributed by atoms with Gasteiger partial charge in [-0.3, -0.25) is 0 Å². The van der Waals surface area contributed by atoms with Crippen LogP contribution in [0.15, 0.2) is 36.9 Å². The number of nitrogens with zero attached hydrogens (tertiary/aromatic N) is 3. The number of fused-ring (bicyclic) bond motifs is 1. The number of aromatic hydroxyl groups is 1. The van der Waals surface area contributed by atoms with Gasteiger partial charge in [-0.05, 0) is 12.1 Å². The molecule has 0 bridgehead atoms. The van der Waals surface area contributed by atoms with Crippen LogP contribution in [0, 0.1) is 0 Å². The third-order valence-corrected chi connectivity index (χ3v) is 2.77. The van der Waals surface area contributed by atoms with Gasteiger partial charge in [-0.2, -0.15) is 0 Å². The molecular weight excluding hydrogens is 230 g/mol. The summed E-state index contributed by atoms with van der Waals surface area (Å²) in [6.07, 6.45) is 5.11. The van der Waals surface area contributed by atoms with Gasteiger partial charge in [0.25, 0.3) is 0 Å². The van der Waals surface area contributed by atoms with Crippen molar-refractivity contribution in [1.82, 2.24) is 14.5 Å². The largest absolute Gasteiger partial charge is 0.504 e. The van der Waals surface area contributed by atoms with Crippen LogP contribution in [-0.4, -0.2) is 19.6 Å². The predicted octanol–water partition coefficient (Wildman–Crippen LogP) is 1.29. The number of pyridine rings is 1. The van der Waals surface area contributed by atoms with Crippen LogP contribution in [0.4, 0.5) is 11.5 Å². The van der Waals surface area contributed by atoms with Crippen molar-refractivity contribution in [2.45, 2.75) is 0 Å². The molecule has 0 saturated heterocycles. The number of nitrogen functional groups attached to an aromatic ring is 2. The number of nitrogens with two attached hydrogens (primary N) is 2.